The number of carbonyl (C=O) groups excluding carboxylic acids is 1. The van der Waals surface area contributed by atoms with E-state index in [2.05, 4.69) is 0 Å². The van der Waals surface area contributed by atoms with Crippen molar-refractivity contribution in [1.82, 2.24) is 9.21 Å². The molecule has 0 unspecified atom stereocenters. The third kappa shape index (κ3) is 3.86. The fraction of sp³-hybridized carbons (Fsp3) is 0.190. The maximum Gasteiger partial charge on any atom is 0.253 e. The molecule has 0 aliphatic heterocycles. The summed E-state index contributed by atoms with van der Waals surface area (Å²) in [6, 6.07) is 20.1. The lowest BCUT2D eigenvalue weighted by Crippen LogP contribution is -2.26. The van der Waals surface area contributed by atoms with E-state index in [0.29, 0.717) is 12.1 Å². The number of rotatable bonds is 5. The molecule has 0 aromatic heterocycles. The topological polar surface area (TPSA) is 57.7 Å². The predicted molar refractivity (Wildman–Crippen MR) is 107 cm³/mol. The van der Waals surface area contributed by atoms with Gasteiger partial charge in [0.15, 0.2) is 0 Å². The minimum absolute atomic E-state index is 0.156. The van der Waals surface area contributed by atoms with E-state index in [4.69, 9.17) is 0 Å². The Bertz CT molecular complexity index is 1070. The van der Waals surface area contributed by atoms with Crippen molar-refractivity contribution in [3.05, 3.63) is 77.9 Å². The standard InChI is InChI=1S/C21H22N2O3S/c1-22(2)27(25,26)19-13-11-17(12-14-19)21(24)23(3)15-18-9-6-8-16-7-4-5-10-20(16)18/h4-14H,15H2,1-3H3. The Balaban J connectivity index is 1.81. The van der Waals surface area contributed by atoms with E-state index in [-0.39, 0.29) is 10.8 Å². The molecule has 0 N–H and O–H groups in total. The highest BCUT2D eigenvalue weighted by Gasteiger charge is 2.19. The molecule has 0 spiro atoms. The first kappa shape index (κ1) is 19.1. The summed E-state index contributed by atoms with van der Waals surface area (Å²) < 4.78 is 25.4. The molecule has 3 aromatic rings. The van der Waals surface area contributed by atoms with Gasteiger partial charge in [-0.3, -0.25) is 4.79 Å². The van der Waals surface area contributed by atoms with Crippen molar-refractivity contribution in [2.45, 2.75) is 11.4 Å². The van der Waals surface area contributed by atoms with Gasteiger partial charge in [0.05, 0.1) is 4.90 Å². The van der Waals surface area contributed by atoms with Crippen LogP contribution in [0, 0.1) is 0 Å². The molecule has 0 radical (unpaired) electrons. The number of hydrogen-bond acceptors (Lipinski definition) is 3. The molecule has 0 fully saturated rings. The molecule has 1 amide bonds. The average Bonchev–Trinajstić information content (AvgIpc) is 2.67. The van der Waals surface area contributed by atoms with Gasteiger partial charge in [-0.15, -0.1) is 0 Å². The quantitative estimate of drug-likeness (QED) is 0.680. The fourth-order valence-corrected chi connectivity index (χ4v) is 3.86. The van der Waals surface area contributed by atoms with E-state index in [1.807, 2.05) is 42.5 Å². The Morgan fingerprint density at radius 2 is 1.48 bits per heavy atom. The van der Waals surface area contributed by atoms with Gasteiger partial charge >= 0.3 is 0 Å². The van der Waals surface area contributed by atoms with Gasteiger partial charge in [0.25, 0.3) is 5.91 Å². The zero-order chi connectivity index (χ0) is 19.6. The number of nitrogens with zero attached hydrogens (tertiary/aromatic N) is 2. The summed E-state index contributed by atoms with van der Waals surface area (Å²) in [6.45, 7) is 0.470. The molecule has 3 aromatic carbocycles. The summed E-state index contributed by atoms with van der Waals surface area (Å²) in [5.41, 5.74) is 1.52. The summed E-state index contributed by atoms with van der Waals surface area (Å²) in [5, 5.41) is 2.25. The highest BCUT2D eigenvalue weighted by molar-refractivity contribution is 7.89. The molecule has 0 saturated heterocycles. The van der Waals surface area contributed by atoms with E-state index in [0.717, 1.165) is 20.6 Å². The first-order chi connectivity index (χ1) is 12.8. The summed E-state index contributed by atoms with van der Waals surface area (Å²) in [7, 11) is 1.20. The summed E-state index contributed by atoms with van der Waals surface area (Å²) >= 11 is 0. The third-order valence-corrected chi connectivity index (χ3v) is 6.34. The number of benzene rings is 3. The second-order valence-electron chi connectivity index (χ2n) is 6.61. The van der Waals surface area contributed by atoms with Crippen molar-refractivity contribution in [3.63, 3.8) is 0 Å². The Morgan fingerprint density at radius 1 is 0.852 bits per heavy atom. The van der Waals surface area contributed by atoms with E-state index >= 15 is 0 Å². The second kappa shape index (κ2) is 7.50. The fourth-order valence-electron chi connectivity index (χ4n) is 2.96. The molecule has 140 valence electrons. The summed E-state index contributed by atoms with van der Waals surface area (Å²) in [4.78, 5) is 14.5. The zero-order valence-corrected chi connectivity index (χ0v) is 16.4. The van der Waals surface area contributed by atoms with Crippen molar-refractivity contribution >= 4 is 26.7 Å². The number of fused-ring (bicyclic) bond motifs is 1. The maximum absolute atomic E-state index is 12.7. The van der Waals surface area contributed by atoms with Gasteiger partial charge in [0.2, 0.25) is 10.0 Å². The minimum Gasteiger partial charge on any atom is -0.337 e. The van der Waals surface area contributed by atoms with Crippen LogP contribution in [0.2, 0.25) is 0 Å². The highest BCUT2D eigenvalue weighted by Crippen LogP contribution is 2.21. The number of sulfonamides is 1. The van der Waals surface area contributed by atoms with Crippen LogP contribution in [0.1, 0.15) is 15.9 Å². The van der Waals surface area contributed by atoms with Gasteiger partial charge in [-0.25, -0.2) is 12.7 Å². The largest absolute Gasteiger partial charge is 0.337 e. The summed E-state index contributed by atoms with van der Waals surface area (Å²) in [6.07, 6.45) is 0. The zero-order valence-electron chi connectivity index (χ0n) is 15.6. The van der Waals surface area contributed by atoms with Crippen LogP contribution in [0.25, 0.3) is 10.8 Å². The van der Waals surface area contributed by atoms with Crippen molar-refractivity contribution in [1.29, 1.82) is 0 Å². The molecule has 3 rings (SSSR count). The molecule has 27 heavy (non-hydrogen) atoms. The Labute approximate surface area is 159 Å². The number of carbonyl (C=O) groups is 1. The van der Waals surface area contributed by atoms with Crippen molar-refractivity contribution < 1.29 is 13.2 Å². The molecule has 0 heterocycles. The lowest BCUT2D eigenvalue weighted by Gasteiger charge is -2.19. The van der Waals surface area contributed by atoms with Gasteiger partial charge in [-0.1, -0.05) is 42.5 Å². The molecule has 0 aliphatic rings. The molecule has 0 atom stereocenters. The van der Waals surface area contributed by atoms with Crippen LogP contribution in [-0.2, 0) is 16.6 Å². The third-order valence-electron chi connectivity index (χ3n) is 4.51. The van der Waals surface area contributed by atoms with Crippen LogP contribution in [0.15, 0.2) is 71.6 Å². The van der Waals surface area contributed by atoms with Gasteiger partial charge in [0, 0.05) is 33.3 Å². The maximum atomic E-state index is 12.7. The molecule has 0 saturated carbocycles. The van der Waals surface area contributed by atoms with Crippen LogP contribution < -0.4 is 0 Å². The van der Waals surface area contributed by atoms with Crippen LogP contribution in [0.5, 0.6) is 0 Å². The SMILES string of the molecule is CN(Cc1cccc2ccccc12)C(=O)c1ccc(S(=O)(=O)N(C)C)cc1. The van der Waals surface area contributed by atoms with Crippen LogP contribution in [-0.4, -0.2) is 44.7 Å². The van der Waals surface area contributed by atoms with Crippen molar-refractivity contribution in [2.24, 2.45) is 0 Å². The normalized spacial score (nSPS) is 11.7. The lowest BCUT2D eigenvalue weighted by molar-refractivity contribution is 0.0785. The smallest absolute Gasteiger partial charge is 0.253 e. The van der Waals surface area contributed by atoms with Crippen molar-refractivity contribution in [2.75, 3.05) is 21.1 Å². The average molecular weight is 382 g/mol. The van der Waals surface area contributed by atoms with E-state index in [9.17, 15) is 13.2 Å². The Kier molecular flexibility index (Phi) is 5.30. The van der Waals surface area contributed by atoms with E-state index in [1.54, 1.807) is 24.1 Å². The number of hydrogen-bond donors (Lipinski definition) is 0. The predicted octanol–water partition coefficient (Wildman–Crippen LogP) is 3.36. The van der Waals surface area contributed by atoms with Crippen LogP contribution in [0.4, 0.5) is 0 Å². The van der Waals surface area contributed by atoms with Crippen molar-refractivity contribution in [3.8, 4) is 0 Å². The Morgan fingerprint density at radius 3 is 2.15 bits per heavy atom. The van der Waals surface area contributed by atoms with E-state index < -0.39 is 10.0 Å². The van der Waals surface area contributed by atoms with Gasteiger partial charge < -0.3 is 4.90 Å². The van der Waals surface area contributed by atoms with Gasteiger partial charge in [0.1, 0.15) is 0 Å². The monoisotopic (exact) mass is 382 g/mol. The molecule has 5 nitrogen and oxygen atoms in total. The van der Waals surface area contributed by atoms with Gasteiger partial charge in [-0.2, -0.15) is 0 Å². The highest BCUT2D eigenvalue weighted by atomic mass is 32.2. The molecular weight excluding hydrogens is 360 g/mol. The Hall–Kier alpha value is -2.70. The molecule has 0 aliphatic carbocycles. The first-order valence-electron chi connectivity index (χ1n) is 8.55. The lowest BCUT2D eigenvalue weighted by atomic mass is 10.0. The van der Waals surface area contributed by atoms with Crippen LogP contribution in [0.3, 0.4) is 0 Å². The second-order valence-corrected chi connectivity index (χ2v) is 8.76. The molecule has 0 bridgehead atoms. The minimum atomic E-state index is -3.50. The molecular formula is C21H22N2O3S. The van der Waals surface area contributed by atoms with Crippen LogP contribution >= 0.6 is 0 Å². The van der Waals surface area contributed by atoms with E-state index in [1.165, 1.54) is 26.2 Å². The van der Waals surface area contributed by atoms with Gasteiger partial charge in [-0.05, 0) is 40.6 Å². The number of amides is 1. The molecule has 6 heteroatoms. The summed E-state index contributed by atoms with van der Waals surface area (Å²) in [5.74, 6) is -0.156. The first-order valence-corrected chi connectivity index (χ1v) is 9.99.